The Bertz CT molecular complexity index is 520. The third-order valence-electron chi connectivity index (χ3n) is 4.70. The van der Waals surface area contributed by atoms with Crippen LogP contribution in [0.2, 0.25) is 0 Å². The van der Waals surface area contributed by atoms with Crippen LogP contribution in [-0.4, -0.2) is 70.6 Å². The molecule has 4 rings (SSSR count). The van der Waals surface area contributed by atoms with Crippen molar-refractivity contribution in [2.24, 2.45) is 5.92 Å². The Balaban J connectivity index is 1.46. The van der Waals surface area contributed by atoms with Gasteiger partial charge in [0.15, 0.2) is 0 Å². The molecule has 1 aromatic heterocycles. The van der Waals surface area contributed by atoms with Crippen LogP contribution in [0, 0.1) is 5.92 Å². The summed E-state index contributed by atoms with van der Waals surface area (Å²) in [6, 6.07) is 0.355. The maximum absolute atomic E-state index is 12.5. The molecular formula is C15H20N4O2. The number of morpholine rings is 1. The van der Waals surface area contributed by atoms with Crippen molar-refractivity contribution >= 4 is 5.91 Å². The van der Waals surface area contributed by atoms with Crippen LogP contribution in [-0.2, 0) is 4.74 Å². The summed E-state index contributed by atoms with van der Waals surface area (Å²) in [5.74, 6) is 0.885. The fourth-order valence-electron chi connectivity index (χ4n) is 3.38. The van der Waals surface area contributed by atoms with Gasteiger partial charge in [0.25, 0.3) is 5.91 Å². The number of hydrogen-bond acceptors (Lipinski definition) is 5. The molecule has 0 spiro atoms. The number of rotatable bonds is 3. The van der Waals surface area contributed by atoms with Crippen LogP contribution in [0.1, 0.15) is 23.2 Å². The molecule has 6 heteroatoms. The molecule has 0 unspecified atom stereocenters. The average Bonchev–Trinajstić information content (AvgIpc) is 3.23. The first-order valence-corrected chi connectivity index (χ1v) is 7.71. The molecule has 6 nitrogen and oxygen atoms in total. The van der Waals surface area contributed by atoms with Crippen molar-refractivity contribution in [2.75, 3.05) is 32.8 Å². The van der Waals surface area contributed by atoms with Crippen molar-refractivity contribution in [1.82, 2.24) is 19.8 Å². The monoisotopic (exact) mass is 288 g/mol. The molecule has 1 aliphatic carbocycles. The van der Waals surface area contributed by atoms with Crippen LogP contribution in [0.5, 0.6) is 0 Å². The Hall–Kier alpha value is -1.53. The van der Waals surface area contributed by atoms with Crippen LogP contribution in [0.25, 0.3) is 0 Å². The molecular weight excluding hydrogens is 268 g/mol. The third-order valence-corrected chi connectivity index (χ3v) is 4.70. The van der Waals surface area contributed by atoms with E-state index in [-0.39, 0.29) is 12.0 Å². The molecule has 2 saturated heterocycles. The van der Waals surface area contributed by atoms with Gasteiger partial charge >= 0.3 is 0 Å². The summed E-state index contributed by atoms with van der Waals surface area (Å²) in [6.07, 6.45) is 7.49. The van der Waals surface area contributed by atoms with Gasteiger partial charge in [0.2, 0.25) is 0 Å². The van der Waals surface area contributed by atoms with Crippen molar-refractivity contribution < 1.29 is 9.53 Å². The highest BCUT2D eigenvalue weighted by atomic mass is 16.5. The van der Waals surface area contributed by atoms with Gasteiger partial charge in [0, 0.05) is 38.6 Å². The quantitative estimate of drug-likeness (QED) is 0.806. The largest absolute Gasteiger partial charge is 0.373 e. The van der Waals surface area contributed by atoms with Crippen LogP contribution in [0.3, 0.4) is 0 Å². The van der Waals surface area contributed by atoms with E-state index in [2.05, 4.69) is 14.9 Å². The Morgan fingerprint density at radius 2 is 2.10 bits per heavy atom. The van der Waals surface area contributed by atoms with Gasteiger partial charge in [-0.25, -0.2) is 9.97 Å². The lowest BCUT2D eigenvalue weighted by atomic mass is 10.1. The number of aromatic nitrogens is 2. The molecule has 1 saturated carbocycles. The summed E-state index contributed by atoms with van der Waals surface area (Å²) in [5.41, 5.74) is 0.560. The second kappa shape index (κ2) is 5.35. The maximum atomic E-state index is 12.5. The topological polar surface area (TPSA) is 58.6 Å². The zero-order valence-electron chi connectivity index (χ0n) is 12.0. The van der Waals surface area contributed by atoms with E-state index in [0.717, 1.165) is 25.6 Å². The average molecular weight is 288 g/mol. The van der Waals surface area contributed by atoms with Crippen LogP contribution in [0.4, 0.5) is 0 Å². The molecule has 3 heterocycles. The summed E-state index contributed by atoms with van der Waals surface area (Å²) in [5, 5.41) is 0. The smallest absolute Gasteiger partial charge is 0.257 e. The lowest BCUT2D eigenvalue weighted by molar-refractivity contribution is -0.0484. The standard InChI is InChI=1S/C15H20N4O2/c20-15(12-5-16-10-17-6-12)19-8-13-14(9-19)21-4-3-18(13)7-11-1-2-11/h5-6,10-11,13-14H,1-4,7-9H2/t13-,14-/m0/s1. The number of carbonyl (C=O) groups excluding carboxylic acids is 1. The highest BCUT2D eigenvalue weighted by Gasteiger charge is 2.43. The van der Waals surface area contributed by atoms with Gasteiger partial charge in [0.05, 0.1) is 24.3 Å². The van der Waals surface area contributed by atoms with Gasteiger partial charge in [-0.15, -0.1) is 0 Å². The molecule has 0 aromatic carbocycles. The predicted molar refractivity (Wildman–Crippen MR) is 75.8 cm³/mol. The van der Waals surface area contributed by atoms with Crippen molar-refractivity contribution in [3.63, 3.8) is 0 Å². The Labute approximate surface area is 124 Å². The zero-order chi connectivity index (χ0) is 14.2. The van der Waals surface area contributed by atoms with Gasteiger partial charge in [0.1, 0.15) is 6.33 Å². The molecule has 0 radical (unpaired) electrons. The summed E-state index contributed by atoms with van der Waals surface area (Å²) in [7, 11) is 0. The second-order valence-electron chi connectivity index (χ2n) is 6.25. The Morgan fingerprint density at radius 1 is 1.29 bits per heavy atom. The van der Waals surface area contributed by atoms with E-state index < -0.39 is 0 Å². The third kappa shape index (κ3) is 2.65. The molecule has 0 N–H and O–H groups in total. The first-order valence-electron chi connectivity index (χ1n) is 7.71. The Kier molecular flexibility index (Phi) is 3.35. The van der Waals surface area contributed by atoms with E-state index in [1.165, 1.54) is 25.7 Å². The minimum Gasteiger partial charge on any atom is -0.373 e. The molecule has 2 atom stereocenters. The molecule has 3 fully saturated rings. The molecule has 112 valence electrons. The summed E-state index contributed by atoms with van der Waals surface area (Å²) in [6.45, 7) is 4.38. The highest BCUT2D eigenvalue weighted by Crippen LogP contribution is 2.33. The second-order valence-corrected chi connectivity index (χ2v) is 6.25. The van der Waals surface area contributed by atoms with Crippen LogP contribution in [0.15, 0.2) is 18.7 Å². The van der Waals surface area contributed by atoms with Crippen molar-refractivity contribution in [2.45, 2.75) is 25.0 Å². The van der Waals surface area contributed by atoms with E-state index in [0.29, 0.717) is 18.2 Å². The van der Waals surface area contributed by atoms with Crippen molar-refractivity contribution in [1.29, 1.82) is 0 Å². The number of hydrogen-bond donors (Lipinski definition) is 0. The number of ether oxygens (including phenoxy) is 1. The fourth-order valence-corrected chi connectivity index (χ4v) is 3.38. The number of likely N-dealkylation sites (tertiary alicyclic amines) is 1. The first kappa shape index (κ1) is 13.2. The molecule has 3 aliphatic rings. The number of nitrogens with zero attached hydrogens (tertiary/aromatic N) is 4. The SMILES string of the molecule is O=C(c1cncnc1)N1C[C@@H]2OCCN(CC3CC3)[C@H]2C1. The van der Waals surface area contributed by atoms with E-state index in [1.807, 2.05) is 4.90 Å². The van der Waals surface area contributed by atoms with Gasteiger partial charge in [-0.05, 0) is 18.8 Å². The fraction of sp³-hybridized carbons (Fsp3) is 0.667. The molecule has 1 amide bonds. The maximum Gasteiger partial charge on any atom is 0.257 e. The highest BCUT2D eigenvalue weighted by molar-refractivity contribution is 5.93. The molecule has 2 aliphatic heterocycles. The van der Waals surface area contributed by atoms with E-state index >= 15 is 0 Å². The minimum absolute atomic E-state index is 0.0139. The molecule has 1 aromatic rings. The number of amides is 1. The number of carbonyl (C=O) groups is 1. The lowest BCUT2D eigenvalue weighted by Crippen LogP contribution is -2.51. The lowest BCUT2D eigenvalue weighted by Gasteiger charge is -2.36. The van der Waals surface area contributed by atoms with E-state index in [9.17, 15) is 4.79 Å². The van der Waals surface area contributed by atoms with E-state index in [4.69, 9.17) is 4.74 Å². The van der Waals surface area contributed by atoms with Gasteiger partial charge in [-0.2, -0.15) is 0 Å². The van der Waals surface area contributed by atoms with Crippen molar-refractivity contribution in [3.05, 3.63) is 24.3 Å². The normalized spacial score (nSPS) is 29.4. The van der Waals surface area contributed by atoms with Gasteiger partial charge in [-0.1, -0.05) is 0 Å². The predicted octanol–water partition coefficient (Wildman–Crippen LogP) is 0.412. The summed E-state index contributed by atoms with van der Waals surface area (Å²) in [4.78, 5) is 24.8. The summed E-state index contributed by atoms with van der Waals surface area (Å²) < 4.78 is 5.88. The van der Waals surface area contributed by atoms with Crippen molar-refractivity contribution in [3.8, 4) is 0 Å². The first-order chi connectivity index (χ1) is 10.3. The van der Waals surface area contributed by atoms with E-state index in [1.54, 1.807) is 12.4 Å². The molecule has 21 heavy (non-hydrogen) atoms. The van der Waals surface area contributed by atoms with Gasteiger partial charge < -0.3 is 9.64 Å². The van der Waals surface area contributed by atoms with Gasteiger partial charge in [-0.3, -0.25) is 9.69 Å². The minimum atomic E-state index is 0.0139. The van der Waals surface area contributed by atoms with Crippen LogP contribution < -0.4 is 0 Å². The van der Waals surface area contributed by atoms with Crippen LogP contribution >= 0.6 is 0 Å². The number of fused-ring (bicyclic) bond motifs is 1. The zero-order valence-corrected chi connectivity index (χ0v) is 12.0. The summed E-state index contributed by atoms with van der Waals surface area (Å²) >= 11 is 0. The Morgan fingerprint density at radius 3 is 2.86 bits per heavy atom. The molecule has 0 bridgehead atoms.